The van der Waals surface area contributed by atoms with Gasteiger partial charge in [-0.15, -0.1) is 0 Å². The number of esters is 1. The van der Waals surface area contributed by atoms with Crippen LogP contribution in [0.25, 0.3) is 0 Å². The molecular formula is C12H13F9O3S. The van der Waals surface area contributed by atoms with Crippen LogP contribution in [0.2, 0.25) is 0 Å². The summed E-state index contributed by atoms with van der Waals surface area (Å²) < 4.78 is 129. The maximum Gasteiger partial charge on any atom is 0.460 e. The van der Waals surface area contributed by atoms with Gasteiger partial charge in [-0.3, -0.25) is 4.21 Å². The molecule has 25 heavy (non-hydrogen) atoms. The Morgan fingerprint density at radius 1 is 0.960 bits per heavy atom. The van der Waals surface area contributed by atoms with E-state index in [4.69, 9.17) is 0 Å². The predicted molar refractivity (Wildman–Crippen MR) is 69.2 cm³/mol. The van der Waals surface area contributed by atoms with Crippen LogP contribution in [-0.4, -0.2) is 52.2 Å². The summed E-state index contributed by atoms with van der Waals surface area (Å²) in [7, 11) is -2.33. The first kappa shape index (κ1) is 23.7. The third-order valence-electron chi connectivity index (χ3n) is 2.75. The number of ether oxygens (including phenoxy) is 1. The van der Waals surface area contributed by atoms with Crippen molar-refractivity contribution in [3.63, 3.8) is 0 Å². The highest BCUT2D eigenvalue weighted by Crippen LogP contribution is 2.53. The van der Waals surface area contributed by atoms with Crippen LogP contribution in [0.1, 0.15) is 13.3 Å². The Labute approximate surface area is 138 Å². The molecule has 0 aliphatic rings. The summed E-state index contributed by atoms with van der Waals surface area (Å²) in [5, 5.41) is 0. The molecule has 0 spiro atoms. The molecular weight excluding hydrogens is 395 g/mol. The summed E-state index contributed by atoms with van der Waals surface area (Å²) >= 11 is 0. The van der Waals surface area contributed by atoms with Crippen molar-refractivity contribution in [2.75, 3.05) is 18.1 Å². The second-order valence-electron chi connectivity index (χ2n) is 4.87. The maximum atomic E-state index is 13.2. The number of hydrogen-bond donors (Lipinski definition) is 0. The SMILES string of the molecule is C=C(C)C(=O)OCCS(=O)CCC(F)(F)C(F)(F)C(F)(F)C(F)(F)F. The van der Waals surface area contributed by atoms with E-state index >= 15 is 0 Å². The van der Waals surface area contributed by atoms with Crippen LogP contribution in [0.4, 0.5) is 39.5 Å². The van der Waals surface area contributed by atoms with Gasteiger partial charge >= 0.3 is 29.9 Å². The molecule has 0 radical (unpaired) electrons. The largest absolute Gasteiger partial charge is 0.461 e. The van der Waals surface area contributed by atoms with E-state index in [9.17, 15) is 48.5 Å². The lowest BCUT2D eigenvalue weighted by atomic mass is 10.0. The Hall–Kier alpha value is -1.27. The topological polar surface area (TPSA) is 43.4 Å². The predicted octanol–water partition coefficient (Wildman–Crippen LogP) is 3.71. The van der Waals surface area contributed by atoms with Gasteiger partial charge in [0.05, 0.1) is 5.75 Å². The van der Waals surface area contributed by atoms with Gasteiger partial charge in [-0.1, -0.05) is 6.58 Å². The zero-order valence-electron chi connectivity index (χ0n) is 12.6. The van der Waals surface area contributed by atoms with Gasteiger partial charge in [0.2, 0.25) is 0 Å². The lowest BCUT2D eigenvalue weighted by Gasteiger charge is -2.33. The molecule has 148 valence electrons. The van der Waals surface area contributed by atoms with Gasteiger partial charge in [0, 0.05) is 28.5 Å². The van der Waals surface area contributed by atoms with E-state index in [2.05, 4.69) is 11.3 Å². The number of hydrogen-bond acceptors (Lipinski definition) is 3. The van der Waals surface area contributed by atoms with E-state index in [-0.39, 0.29) is 5.57 Å². The molecule has 0 saturated heterocycles. The van der Waals surface area contributed by atoms with Gasteiger partial charge in [-0.25, -0.2) is 4.79 Å². The van der Waals surface area contributed by atoms with Crippen molar-refractivity contribution in [3.8, 4) is 0 Å². The Kier molecular flexibility index (Phi) is 7.55. The molecule has 0 saturated carbocycles. The van der Waals surface area contributed by atoms with E-state index in [1.807, 2.05) is 0 Å². The van der Waals surface area contributed by atoms with E-state index in [0.29, 0.717) is 0 Å². The molecule has 1 atom stereocenters. The summed E-state index contributed by atoms with van der Waals surface area (Å²) in [4.78, 5) is 10.9. The Morgan fingerprint density at radius 3 is 1.84 bits per heavy atom. The molecule has 0 bridgehead atoms. The molecule has 0 fully saturated rings. The van der Waals surface area contributed by atoms with Crippen LogP contribution in [0.3, 0.4) is 0 Å². The summed E-state index contributed by atoms with van der Waals surface area (Å²) in [5.41, 5.74) is -0.0358. The van der Waals surface area contributed by atoms with Crippen LogP contribution < -0.4 is 0 Å². The average molecular weight is 408 g/mol. The lowest BCUT2D eigenvalue weighted by molar-refractivity contribution is -0.396. The first-order chi connectivity index (χ1) is 11.0. The fraction of sp³-hybridized carbons (Fsp3) is 0.750. The van der Waals surface area contributed by atoms with E-state index < -0.39 is 65.2 Å². The Balaban J connectivity index is 4.79. The smallest absolute Gasteiger partial charge is 0.460 e. The maximum absolute atomic E-state index is 13.2. The molecule has 1 unspecified atom stereocenters. The van der Waals surface area contributed by atoms with E-state index in [1.165, 1.54) is 6.92 Å². The fourth-order valence-electron chi connectivity index (χ4n) is 1.26. The van der Waals surface area contributed by atoms with Crippen LogP contribution in [0.15, 0.2) is 12.2 Å². The zero-order chi connectivity index (χ0) is 20.3. The average Bonchev–Trinajstić information content (AvgIpc) is 2.43. The van der Waals surface area contributed by atoms with E-state index in [1.54, 1.807) is 0 Å². The fourth-order valence-corrected chi connectivity index (χ4v) is 2.22. The van der Waals surface area contributed by atoms with Crippen molar-refractivity contribution >= 4 is 16.8 Å². The van der Waals surface area contributed by atoms with E-state index in [0.717, 1.165) is 0 Å². The minimum atomic E-state index is -6.97. The van der Waals surface area contributed by atoms with Gasteiger partial charge < -0.3 is 4.74 Å². The third-order valence-corrected chi connectivity index (χ3v) is 4.03. The number of alkyl halides is 9. The molecule has 0 aromatic heterocycles. The van der Waals surface area contributed by atoms with Crippen LogP contribution in [0.5, 0.6) is 0 Å². The lowest BCUT2D eigenvalue weighted by Crippen LogP contribution is -2.61. The van der Waals surface area contributed by atoms with Crippen LogP contribution >= 0.6 is 0 Å². The second kappa shape index (κ2) is 7.96. The number of carbonyl (C=O) groups excluding carboxylic acids is 1. The Morgan fingerprint density at radius 2 is 1.44 bits per heavy atom. The zero-order valence-corrected chi connectivity index (χ0v) is 13.4. The summed E-state index contributed by atoms with van der Waals surface area (Å²) in [6, 6.07) is 0. The first-order valence-corrected chi connectivity index (χ1v) is 7.84. The molecule has 0 amide bonds. The highest BCUT2D eigenvalue weighted by Gasteiger charge is 2.81. The molecule has 0 aliphatic carbocycles. The quantitative estimate of drug-likeness (QED) is 0.332. The summed E-state index contributed by atoms with van der Waals surface area (Å²) in [6.07, 6.45) is -9.08. The summed E-state index contributed by atoms with van der Waals surface area (Å²) in [6.45, 7) is 3.89. The molecule has 0 aromatic carbocycles. The van der Waals surface area contributed by atoms with Crippen LogP contribution in [-0.2, 0) is 20.3 Å². The van der Waals surface area contributed by atoms with Crippen molar-refractivity contribution < 1.29 is 53.3 Å². The van der Waals surface area contributed by atoms with Crippen molar-refractivity contribution in [1.29, 1.82) is 0 Å². The number of halogens is 9. The van der Waals surface area contributed by atoms with Crippen LogP contribution in [0, 0.1) is 0 Å². The summed E-state index contributed by atoms with van der Waals surface area (Å²) in [5.74, 6) is -22.3. The standard InChI is InChI=1S/C12H13F9O3S/c1-7(2)8(22)24-4-6-25(23)5-3-9(13,14)10(15,16)11(17,18)12(19,20)21/h1,3-6H2,2H3. The number of rotatable bonds is 9. The van der Waals surface area contributed by atoms with Crippen molar-refractivity contribution in [2.24, 2.45) is 0 Å². The normalized spacial score (nSPS) is 15.0. The highest BCUT2D eigenvalue weighted by atomic mass is 32.2. The van der Waals surface area contributed by atoms with Gasteiger partial charge in [-0.05, 0) is 6.92 Å². The van der Waals surface area contributed by atoms with Gasteiger partial charge in [0.25, 0.3) is 0 Å². The van der Waals surface area contributed by atoms with Crippen molar-refractivity contribution in [1.82, 2.24) is 0 Å². The van der Waals surface area contributed by atoms with Gasteiger partial charge in [0.1, 0.15) is 6.61 Å². The molecule has 0 rings (SSSR count). The van der Waals surface area contributed by atoms with Gasteiger partial charge in [-0.2, -0.15) is 39.5 Å². The minimum Gasteiger partial charge on any atom is -0.461 e. The van der Waals surface area contributed by atoms with Crippen molar-refractivity contribution in [3.05, 3.63) is 12.2 Å². The molecule has 3 nitrogen and oxygen atoms in total. The monoisotopic (exact) mass is 408 g/mol. The Bertz CT molecular complexity index is 528. The molecule has 0 aromatic rings. The first-order valence-electron chi connectivity index (χ1n) is 6.35. The van der Waals surface area contributed by atoms with Gasteiger partial charge in [0.15, 0.2) is 0 Å². The molecule has 0 aliphatic heterocycles. The minimum absolute atomic E-state index is 0.0358. The molecule has 0 heterocycles. The number of carbonyl (C=O) groups is 1. The molecule has 13 heteroatoms. The van der Waals surface area contributed by atoms with Crippen molar-refractivity contribution in [2.45, 2.75) is 37.3 Å². The second-order valence-corrected chi connectivity index (χ2v) is 6.56. The third kappa shape index (κ3) is 5.61. The molecule has 0 N–H and O–H groups in total. The highest BCUT2D eigenvalue weighted by molar-refractivity contribution is 7.84.